The summed E-state index contributed by atoms with van der Waals surface area (Å²) in [5.41, 5.74) is 0.847. The summed E-state index contributed by atoms with van der Waals surface area (Å²) in [4.78, 5) is 35.0. The second-order valence-corrected chi connectivity index (χ2v) is 6.01. The first-order chi connectivity index (χ1) is 13.5. The van der Waals surface area contributed by atoms with Crippen molar-refractivity contribution in [3.63, 3.8) is 0 Å². The number of carbonyl (C=O) groups excluding carboxylic acids is 1. The van der Waals surface area contributed by atoms with E-state index in [1.54, 1.807) is 6.07 Å². The fraction of sp³-hybridized carbons (Fsp3) is 0.0476. The molecule has 2 N–H and O–H groups in total. The van der Waals surface area contributed by atoms with Crippen LogP contribution in [0.2, 0.25) is 0 Å². The van der Waals surface area contributed by atoms with E-state index >= 15 is 0 Å². The van der Waals surface area contributed by atoms with Crippen molar-refractivity contribution in [2.45, 2.75) is 6.54 Å². The van der Waals surface area contributed by atoms with Crippen LogP contribution in [0, 0.1) is 10.1 Å². The van der Waals surface area contributed by atoms with Gasteiger partial charge in [-0.1, -0.05) is 48.5 Å². The highest BCUT2D eigenvalue weighted by Crippen LogP contribution is 2.28. The number of benzene rings is 3. The molecule has 0 aliphatic carbocycles. The molecule has 7 heteroatoms. The lowest BCUT2D eigenvalue weighted by molar-refractivity contribution is -0.384. The normalized spacial score (nSPS) is 10.3. The fourth-order valence-electron chi connectivity index (χ4n) is 2.79. The molecule has 0 radical (unpaired) electrons. The van der Waals surface area contributed by atoms with Gasteiger partial charge in [0, 0.05) is 23.7 Å². The molecular weight excluding hydrogens is 360 g/mol. The maximum Gasteiger partial charge on any atom is 0.336 e. The lowest BCUT2D eigenvalue weighted by Crippen LogP contribution is -2.10. The highest BCUT2D eigenvalue weighted by Gasteiger charge is 2.21. The van der Waals surface area contributed by atoms with Crippen LogP contribution < -0.4 is 5.32 Å². The Morgan fingerprint density at radius 1 is 0.929 bits per heavy atom. The van der Waals surface area contributed by atoms with Gasteiger partial charge in [-0.25, -0.2) is 4.79 Å². The molecule has 0 unspecified atom stereocenters. The third-order valence-electron chi connectivity index (χ3n) is 4.18. The second kappa shape index (κ2) is 8.13. The molecule has 0 aliphatic heterocycles. The van der Waals surface area contributed by atoms with E-state index in [2.05, 4.69) is 5.32 Å². The van der Waals surface area contributed by atoms with Gasteiger partial charge in [-0.2, -0.15) is 0 Å². The number of anilines is 1. The van der Waals surface area contributed by atoms with Crippen LogP contribution in [0.25, 0.3) is 0 Å². The Hall–Kier alpha value is -4.00. The van der Waals surface area contributed by atoms with Gasteiger partial charge in [0.1, 0.15) is 5.69 Å². The quantitative estimate of drug-likeness (QED) is 0.364. The molecule has 28 heavy (non-hydrogen) atoms. The smallest absolute Gasteiger partial charge is 0.336 e. The van der Waals surface area contributed by atoms with E-state index in [4.69, 9.17) is 0 Å². The minimum Gasteiger partial charge on any atom is -0.478 e. The van der Waals surface area contributed by atoms with E-state index in [-0.39, 0.29) is 28.1 Å². The average molecular weight is 376 g/mol. The number of rotatable bonds is 7. The van der Waals surface area contributed by atoms with E-state index in [9.17, 15) is 24.8 Å². The molecule has 0 amide bonds. The minimum absolute atomic E-state index is 0.0192. The summed E-state index contributed by atoms with van der Waals surface area (Å²) in [5.74, 6) is -1.82. The summed E-state index contributed by atoms with van der Waals surface area (Å²) < 4.78 is 0. The van der Waals surface area contributed by atoms with Gasteiger partial charge in [0.15, 0.2) is 5.78 Å². The van der Waals surface area contributed by atoms with Gasteiger partial charge in [-0.3, -0.25) is 14.9 Å². The summed E-state index contributed by atoms with van der Waals surface area (Å²) in [5, 5.41) is 23.7. The number of aromatic carboxylic acids is 1. The summed E-state index contributed by atoms with van der Waals surface area (Å²) in [6.07, 6.45) is 0. The summed E-state index contributed by atoms with van der Waals surface area (Å²) in [7, 11) is 0. The molecule has 7 nitrogen and oxygen atoms in total. The van der Waals surface area contributed by atoms with Crippen LogP contribution in [-0.4, -0.2) is 21.8 Å². The lowest BCUT2D eigenvalue weighted by Gasteiger charge is -2.09. The highest BCUT2D eigenvalue weighted by atomic mass is 16.6. The van der Waals surface area contributed by atoms with Crippen LogP contribution in [-0.2, 0) is 6.54 Å². The van der Waals surface area contributed by atoms with Crippen molar-refractivity contribution in [2.24, 2.45) is 0 Å². The standard InChI is InChI=1S/C21H16N2O5/c24-20(16-8-4-5-9-17(16)21(25)26)15-10-11-18(19(12-15)23(27)28)22-13-14-6-2-1-3-7-14/h1-12,22H,13H2,(H,25,26). The number of nitrogens with zero attached hydrogens (tertiary/aromatic N) is 1. The van der Waals surface area contributed by atoms with Crippen molar-refractivity contribution in [1.29, 1.82) is 0 Å². The number of carbonyl (C=O) groups is 2. The van der Waals surface area contributed by atoms with Gasteiger partial charge >= 0.3 is 5.97 Å². The van der Waals surface area contributed by atoms with Crippen LogP contribution >= 0.6 is 0 Å². The van der Waals surface area contributed by atoms with Gasteiger partial charge in [-0.05, 0) is 23.8 Å². The zero-order valence-corrected chi connectivity index (χ0v) is 14.7. The molecule has 3 aromatic carbocycles. The Bertz CT molecular complexity index is 1050. The summed E-state index contributed by atoms with van der Waals surface area (Å²) >= 11 is 0. The Kier molecular flexibility index (Phi) is 5.45. The maximum absolute atomic E-state index is 12.7. The van der Waals surface area contributed by atoms with Crippen molar-refractivity contribution in [2.75, 3.05) is 5.32 Å². The van der Waals surface area contributed by atoms with Gasteiger partial charge in [0.2, 0.25) is 0 Å². The van der Waals surface area contributed by atoms with Crippen molar-refractivity contribution in [3.8, 4) is 0 Å². The number of nitrogens with one attached hydrogen (secondary N) is 1. The first-order valence-corrected chi connectivity index (χ1v) is 8.40. The zero-order valence-electron chi connectivity index (χ0n) is 14.7. The molecule has 3 rings (SSSR count). The van der Waals surface area contributed by atoms with E-state index in [1.807, 2.05) is 30.3 Å². The largest absolute Gasteiger partial charge is 0.478 e. The van der Waals surface area contributed by atoms with Crippen LogP contribution in [0.1, 0.15) is 31.8 Å². The summed E-state index contributed by atoms with van der Waals surface area (Å²) in [6.45, 7) is 0.386. The number of hydrogen-bond acceptors (Lipinski definition) is 5. The molecule has 0 aromatic heterocycles. The number of nitro benzene ring substituents is 1. The Labute approximate surface area is 160 Å². The number of carboxylic acid groups (broad SMARTS) is 1. The predicted molar refractivity (Wildman–Crippen MR) is 104 cm³/mol. The molecule has 0 saturated heterocycles. The molecule has 0 fully saturated rings. The predicted octanol–water partition coefficient (Wildman–Crippen LogP) is 4.14. The third kappa shape index (κ3) is 4.04. The highest BCUT2D eigenvalue weighted by molar-refractivity contribution is 6.14. The molecule has 0 heterocycles. The van der Waals surface area contributed by atoms with Crippen molar-refractivity contribution >= 4 is 23.1 Å². The van der Waals surface area contributed by atoms with E-state index < -0.39 is 16.7 Å². The van der Waals surface area contributed by atoms with Crippen LogP contribution in [0.4, 0.5) is 11.4 Å². The monoisotopic (exact) mass is 376 g/mol. The zero-order chi connectivity index (χ0) is 20.1. The average Bonchev–Trinajstić information content (AvgIpc) is 2.72. The molecule has 3 aromatic rings. The number of ketones is 1. The van der Waals surface area contributed by atoms with E-state index in [0.29, 0.717) is 6.54 Å². The maximum atomic E-state index is 12.7. The third-order valence-corrected chi connectivity index (χ3v) is 4.18. The Morgan fingerprint density at radius 2 is 1.57 bits per heavy atom. The van der Waals surface area contributed by atoms with Crippen LogP contribution in [0.5, 0.6) is 0 Å². The minimum atomic E-state index is -1.24. The van der Waals surface area contributed by atoms with E-state index in [0.717, 1.165) is 11.6 Å². The number of carboxylic acids is 1. The lowest BCUT2D eigenvalue weighted by atomic mass is 9.97. The number of hydrogen-bond donors (Lipinski definition) is 2. The van der Waals surface area contributed by atoms with Gasteiger partial charge in [0.25, 0.3) is 5.69 Å². The van der Waals surface area contributed by atoms with Crippen LogP contribution in [0.15, 0.2) is 72.8 Å². The van der Waals surface area contributed by atoms with Crippen molar-refractivity contribution < 1.29 is 19.6 Å². The number of nitro groups is 1. The van der Waals surface area contributed by atoms with Gasteiger partial charge in [-0.15, -0.1) is 0 Å². The molecule has 0 atom stereocenters. The van der Waals surface area contributed by atoms with E-state index in [1.165, 1.54) is 30.3 Å². The van der Waals surface area contributed by atoms with Crippen LogP contribution in [0.3, 0.4) is 0 Å². The Balaban J connectivity index is 1.92. The molecule has 0 saturated carbocycles. The van der Waals surface area contributed by atoms with Gasteiger partial charge in [0.05, 0.1) is 10.5 Å². The molecule has 0 aliphatic rings. The molecule has 0 spiro atoms. The molecule has 0 bridgehead atoms. The van der Waals surface area contributed by atoms with Crippen molar-refractivity contribution in [3.05, 3.63) is 105 Å². The fourth-order valence-corrected chi connectivity index (χ4v) is 2.79. The second-order valence-electron chi connectivity index (χ2n) is 6.01. The van der Waals surface area contributed by atoms with Crippen molar-refractivity contribution in [1.82, 2.24) is 0 Å². The topological polar surface area (TPSA) is 110 Å². The Morgan fingerprint density at radius 3 is 2.21 bits per heavy atom. The van der Waals surface area contributed by atoms with Gasteiger partial charge < -0.3 is 10.4 Å². The molecular formula is C21H16N2O5. The molecule has 140 valence electrons. The first-order valence-electron chi connectivity index (χ1n) is 8.40. The first kappa shape index (κ1) is 18.8. The summed E-state index contributed by atoms with van der Waals surface area (Å²) in [6, 6.07) is 19.2. The SMILES string of the molecule is O=C(O)c1ccccc1C(=O)c1ccc(NCc2ccccc2)c([N+](=O)[O-])c1.